The number of carbonyl (C=O) groups is 1. The zero-order valence-electron chi connectivity index (χ0n) is 16.0. The van der Waals surface area contributed by atoms with Crippen molar-refractivity contribution in [2.24, 2.45) is 0 Å². The van der Waals surface area contributed by atoms with Gasteiger partial charge in [0, 0.05) is 24.7 Å². The van der Waals surface area contributed by atoms with Crippen LogP contribution in [0.4, 0.5) is 0 Å². The minimum absolute atomic E-state index is 0.116. The predicted molar refractivity (Wildman–Crippen MR) is 109 cm³/mol. The molecule has 0 bridgehead atoms. The Morgan fingerprint density at radius 3 is 2.38 bits per heavy atom. The maximum absolute atomic E-state index is 12.5. The molecule has 0 aliphatic carbocycles. The van der Waals surface area contributed by atoms with Crippen molar-refractivity contribution in [2.75, 3.05) is 26.3 Å². The summed E-state index contributed by atoms with van der Waals surface area (Å²) < 4.78 is 38.4. The Morgan fingerprint density at radius 1 is 1.14 bits per heavy atom. The van der Waals surface area contributed by atoms with E-state index < -0.39 is 16.1 Å². The Labute approximate surface area is 175 Å². The first kappa shape index (κ1) is 21.6. The molecule has 0 radical (unpaired) electrons. The molecule has 9 heteroatoms. The van der Waals surface area contributed by atoms with Crippen molar-refractivity contribution in [1.82, 2.24) is 9.62 Å². The highest BCUT2D eigenvalue weighted by molar-refractivity contribution is 7.89. The van der Waals surface area contributed by atoms with Crippen LogP contribution in [-0.4, -0.2) is 51.6 Å². The number of sulfonamides is 1. The highest BCUT2D eigenvalue weighted by atomic mass is 35.5. The van der Waals surface area contributed by atoms with Crippen molar-refractivity contribution in [3.8, 4) is 5.75 Å². The minimum Gasteiger partial charge on any atom is -0.481 e. The molecule has 1 amide bonds. The summed E-state index contributed by atoms with van der Waals surface area (Å²) in [5.74, 6) is 0.311. The second-order valence-electron chi connectivity index (χ2n) is 6.62. The van der Waals surface area contributed by atoms with Gasteiger partial charge in [-0.3, -0.25) is 4.79 Å². The minimum atomic E-state index is -3.67. The zero-order chi connectivity index (χ0) is 20.9. The third kappa shape index (κ3) is 5.93. The smallest absolute Gasteiger partial charge is 0.263 e. The van der Waals surface area contributed by atoms with Crippen LogP contribution >= 0.6 is 11.6 Å². The number of morpholine rings is 1. The largest absolute Gasteiger partial charge is 0.481 e. The molecule has 2 aromatic rings. The molecule has 0 aromatic heterocycles. The molecule has 7 nitrogen and oxygen atoms in total. The number of halogens is 1. The maximum Gasteiger partial charge on any atom is 0.263 e. The summed E-state index contributed by atoms with van der Waals surface area (Å²) in [4.78, 5) is 14.2. The van der Waals surface area contributed by atoms with E-state index in [4.69, 9.17) is 21.1 Å². The van der Waals surface area contributed by atoms with Gasteiger partial charge in [-0.2, -0.15) is 0 Å². The molecule has 2 aromatic carbocycles. The van der Waals surface area contributed by atoms with Crippen molar-refractivity contribution in [2.45, 2.75) is 24.5 Å². The summed E-state index contributed by atoms with van der Waals surface area (Å²) in [5.41, 5.74) is 0.799. The van der Waals surface area contributed by atoms with Crippen molar-refractivity contribution in [3.63, 3.8) is 0 Å². The zero-order valence-corrected chi connectivity index (χ0v) is 17.6. The van der Waals surface area contributed by atoms with Gasteiger partial charge in [-0.15, -0.1) is 0 Å². The number of nitrogens with one attached hydrogen (secondary N) is 1. The van der Waals surface area contributed by atoms with Gasteiger partial charge in [0.2, 0.25) is 10.0 Å². The number of rotatable bonds is 7. The SMILES string of the molecule is C[C@@H](Oc1ccc(S(=O)(=O)NCc2ccc(Cl)cc2)cc1)C(=O)N1CCOCC1. The van der Waals surface area contributed by atoms with Crippen LogP contribution in [0.15, 0.2) is 53.4 Å². The van der Waals surface area contributed by atoms with Crippen LogP contribution in [0, 0.1) is 0 Å². The van der Waals surface area contributed by atoms with E-state index in [1.807, 2.05) is 0 Å². The van der Waals surface area contributed by atoms with E-state index in [0.717, 1.165) is 5.56 Å². The lowest BCUT2D eigenvalue weighted by molar-refractivity contribution is -0.142. The monoisotopic (exact) mass is 438 g/mol. The van der Waals surface area contributed by atoms with E-state index in [1.54, 1.807) is 48.2 Å². The van der Waals surface area contributed by atoms with Crippen LogP contribution < -0.4 is 9.46 Å². The Morgan fingerprint density at radius 2 is 1.76 bits per heavy atom. The molecule has 1 atom stereocenters. The summed E-state index contributed by atoms with van der Waals surface area (Å²) in [6.45, 7) is 3.97. The molecule has 0 unspecified atom stereocenters. The second-order valence-corrected chi connectivity index (χ2v) is 8.82. The molecule has 1 N–H and O–H groups in total. The van der Waals surface area contributed by atoms with Crippen LogP contribution in [0.25, 0.3) is 0 Å². The fourth-order valence-corrected chi connectivity index (χ4v) is 4.00. The standard InChI is InChI=1S/C20H23ClN2O5S/c1-15(20(24)23-10-12-27-13-11-23)28-18-6-8-19(9-7-18)29(25,26)22-14-16-2-4-17(21)5-3-16/h2-9,15,22H,10-14H2,1H3/t15-/m1/s1. The molecular formula is C20H23ClN2O5S. The first-order chi connectivity index (χ1) is 13.8. The lowest BCUT2D eigenvalue weighted by atomic mass is 10.2. The Bertz CT molecular complexity index is 926. The topological polar surface area (TPSA) is 84.9 Å². The Hall–Kier alpha value is -2.13. The average Bonchev–Trinajstić information content (AvgIpc) is 2.74. The maximum atomic E-state index is 12.5. The highest BCUT2D eigenvalue weighted by Crippen LogP contribution is 2.18. The van der Waals surface area contributed by atoms with E-state index in [9.17, 15) is 13.2 Å². The average molecular weight is 439 g/mol. The molecule has 1 aliphatic heterocycles. The quantitative estimate of drug-likeness (QED) is 0.717. The number of carbonyl (C=O) groups excluding carboxylic acids is 1. The number of amides is 1. The Kier molecular flexibility index (Phi) is 7.13. The molecule has 1 fully saturated rings. The van der Waals surface area contributed by atoms with Crippen molar-refractivity contribution in [3.05, 3.63) is 59.1 Å². The molecule has 0 spiro atoms. The second kappa shape index (κ2) is 9.58. The molecule has 0 saturated carbocycles. The van der Waals surface area contributed by atoms with Gasteiger partial charge in [0.1, 0.15) is 5.75 Å². The third-order valence-corrected chi connectivity index (χ3v) is 6.17. The fourth-order valence-electron chi connectivity index (χ4n) is 2.86. The summed E-state index contributed by atoms with van der Waals surface area (Å²) in [6.07, 6.45) is -0.668. The van der Waals surface area contributed by atoms with Gasteiger partial charge in [-0.25, -0.2) is 13.1 Å². The van der Waals surface area contributed by atoms with E-state index in [-0.39, 0.29) is 17.3 Å². The van der Waals surface area contributed by atoms with Crippen LogP contribution in [0.3, 0.4) is 0 Å². The van der Waals surface area contributed by atoms with E-state index >= 15 is 0 Å². The number of hydrogen-bond donors (Lipinski definition) is 1. The third-order valence-electron chi connectivity index (χ3n) is 4.50. The fraction of sp³-hybridized carbons (Fsp3) is 0.350. The lowest BCUT2D eigenvalue weighted by Gasteiger charge is -2.29. The van der Waals surface area contributed by atoms with Crippen LogP contribution in [0.5, 0.6) is 5.75 Å². The number of nitrogens with zero attached hydrogens (tertiary/aromatic N) is 1. The first-order valence-electron chi connectivity index (χ1n) is 9.22. The van der Waals surface area contributed by atoms with Crippen LogP contribution in [0.1, 0.15) is 12.5 Å². The normalized spacial score (nSPS) is 15.7. The summed E-state index contributed by atoms with van der Waals surface area (Å²) in [7, 11) is -3.67. The number of benzene rings is 2. The van der Waals surface area contributed by atoms with Gasteiger partial charge in [0.15, 0.2) is 6.10 Å². The Balaban J connectivity index is 1.58. The van der Waals surface area contributed by atoms with Crippen molar-refractivity contribution >= 4 is 27.5 Å². The molecule has 156 valence electrons. The van der Waals surface area contributed by atoms with E-state index in [1.165, 1.54) is 12.1 Å². The van der Waals surface area contributed by atoms with Crippen LogP contribution in [0.2, 0.25) is 5.02 Å². The van der Waals surface area contributed by atoms with Crippen molar-refractivity contribution in [1.29, 1.82) is 0 Å². The van der Waals surface area contributed by atoms with E-state index in [2.05, 4.69) is 4.72 Å². The lowest BCUT2D eigenvalue weighted by Crippen LogP contribution is -2.46. The molecule has 1 aliphatic rings. The summed E-state index contributed by atoms with van der Waals surface area (Å²) in [6, 6.07) is 12.9. The predicted octanol–water partition coefficient (Wildman–Crippen LogP) is 2.44. The molecular weight excluding hydrogens is 416 g/mol. The number of hydrogen-bond acceptors (Lipinski definition) is 5. The molecule has 1 saturated heterocycles. The molecule has 3 rings (SSSR count). The highest BCUT2D eigenvalue weighted by Gasteiger charge is 2.24. The first-order valence-corrected chi connectivity index (χ1v) is 11.1. The van der Waals surface area contributed by atoms with Gasteiger partial charge in [0.25, 0.3) is 5.91 Å². The molecule has 29 heavy (non-hydrogen) atoms. The van der Waals surface area contributed by atoms with Gasteiger partial charge < -0.3 is 14.4 Å². The van der Waals surface area contributed by atoms with Crippen LogP contribution in [-0.2, 0) is 26.1 Å². The van der Waals surface area contributed by atoms with E-state index in [0.29, 0.717) is 37.1 Å². The van der Waals surface area contributed by atoms with Gasteiger partial charge in [0.05, 0.1) is 18.1 Å². The van der Waals surface area contributed by atoms with Gasteiger partial charge in [-0.1, -0.05) is 23.7 Å². The van der Waals surface area contributed by atoms with Gasteiger partial charge in [-0.05, 0) is 48.9 Å². The molecule has 1 heterocycles. The summed E-state index contributed by atoms with van der Waals surface area (Å²) >= 11 is 5.83. The number of ether oxygens (including phenoxy) is 2. The van der Waals surface area contributed by atoms with Gasteiger partial charge >= 0.3 is 0 Å². The van der Waals surface area contributed by atoms with Crippen molar-refractivity contribution < 1.29 is 22.7 Å². The summed E-state index contributed by atoms with van der Waals surface area (Å²) in [5, 5.41) is 0.591.